The molecule has 10 nitrogen and oxygen atoms in total. The Morgan fingerprint density at radius 1 is 1.06 bits per heavy atom. The van der Waals surface area contributed by atoms with Crippen LogP contribution in [0, 0.1) is 10.1 Å². The molecule has 1 amide bonds. The molecule has 0 atom stereocenters. The number of amides is 1. The van der Waals surface area contributed by atoms with Crippen molar-refractivity contribution in [1.29, 1.82) is 0 Å². The highest BCUT2D eigenvalue weighted by Crippen LogP contribution is 2.25. The average molecular weight is 459 g/mol. The van der Waals surface area contributed by atoms with E-state index in [0.29, 0.717) is 0 Å². The maximum Gasteiger partial charge on any atom is 0.373 e. The van der Waals surface area contributed by atoms with Crippen LogP contribution in [0.15, 0.2) is 59.0 Å². The maximum absolute atomic E-state index is 12.6. The number of carbonyl (C=O) groups excluding carboxylic acids is 3. The highest BCUT2D eigenvalue weighted by molar-refractivity contribution is 6.34. The van der Waals surface area contributed by atoms with Gasteiger partial charge in [0.2, 0.25) is 5.76 Å². The molecule has 1 aromatic heterocycles. The molecular formula is C21H15ClN2O8. The number of hydrogen-bond acceptors (Lipinski definition) is 8. The highest BCUT2D eigenvalue weighted by Gasteiger charge is 2.19. The SMILES string of the molecule is COC(=O)c1ccc(COC(=O)c2ccccc2NC(=O)c2ccc([N+](=O)[O-])cc2Cl)o1. The summed E-state index contributed by atoms with van der Waals surface area (Å²) in [5.74, 6) is -1.91. The second-order valence-electron chi connectivity index (χ2n) is 6.25. The molecule has 3 aromatic rings. The van der Waals surface area contributed by atoms with Crippen LogP contribution < -0.4 is 5.32 Å². The van der Waals surface area contributed by atoms with Crippen molar-refractivity contribution in [3.8, 4) is 0 Å². The fourth-order valence-corrected chi connectivity index (χ4v) is 2.90. The number of nitro groups is 1. The monoisotopic (exact) mass is 458 g/mol. The largest absolute Gasteiger partial charge is 0.463 e. The summed E-state index contributed by atoms with van der Waals surface area (Å²) in [5.41, 5.74) is -0.0691. The molecular weight excluding hydrogens is 444 g/mol. The zero-order chi connectivity index (χ0) is 23.3. The van der Waals surface area contributed by atoms with E-state index in [4.69, 9.17) is 20.8 Å². The molecule has 0 saturated carbocycles. The van der Waals surface area contributed by atoms with Gasteiger partial charge < -0.3 is 19.2 Å². The number of nitro benzene ring substituents is 1. The molecule has 0 aliphatic carbocycles. The van der Waals surface area contributed by atoms with Crippen LogP contribution in [0.2, 0.25) is 5.02 Å². The number of para-hydroxylation sites is 1. The molecule has 2 aromatic carbocycles. The first-order valence-electron chi connectivity index (χ1n) is 8.98. The van der Waals surface area contributed by atoms with Crippen LogP contribution in [0.5, 0.6) is 0 Å². The van der Waals surface area contributed by atoms with Crippen LogP contribution in [-0.4, -0.2) is 29.9 Å². The minimum atomic E-state index is -0.758. The quantitative estimate of drug-likeness (QED) is 0.315. The number of furan rings is 1. The van der Waals surface area contributed by atoms with Gasteiger partial charge in [0.1, 0.15) is 12.4 Å². The average Bonchev–Trinajstić information content (AvgIpc) is 3.26. The Balaban J connectivity index is 1.72. The van der Waals surface area contributed by atoms with Crippen molar-refractivity contribution in [2.75, 3.05) is 12.4 Å². The van der Waals surface area contributed by atoms with Crippen LogP contribution in [-0.2, 0) is 16.1 Å². The molecule has 0 saturated heterocycles. The molecule has 0 aliphatic rings. The lowest BCUT2D eigenvalue weighted by Gasteiger charge is -2.11. The van der Waals surface area contributed by atoms with Gasteiger partial charge in [-0.3, -0.25) is 14.9 Å². The summed E-state index contributed by atoms with van der Waals surface area (Å²) in [5, 5.41) is 13.3. The van der Waals surface area contributed by atoms with Gasteiger partial charge in [-0.25, -0.2) is 9.59 Å². The van der Waals surface area contributed by atoms with E-state index in [-0.39, 0.29) is 45.7 Å². The molecule has 32 heavy (non-hydrogen) atoms. The fraction of sp³-hybridized carbons (Fsp3) is 0.0952. The van der Waals surface area contributed by atoms with E-state index >= 15 is 0 Å². The zero-order valence-corrected chi connectivity index (χ0v) is 17.3. The standard InChI is InChI=1S/C21H15ClN2O8/c1-30-21(27)18-9-7-13(32-18)11-31-20(26)15-4-2-3-5-17(15)23-19(25)14-8-6-12(24(28)29)10-16(14)22/h2-10H,11H2,1H3,(H,23,25). The Morgan fingerprint density at radius 2 is 1.81 bits per heavy atom. The van der Waals surface area contributed by atoms with Gasteiger partial charge >= 0.3 is 11.9 Å². The van der Waals surface area contributed by atoms with Crippen molar-refractivity contribution in [3.63, 3.8) is 0 Å². The van der Waals surface area contributed by atoms with E-state index < -0.39 is 22.8 Å². The summed E-state index contributed by atoms with van der Waals surface area (Å²) < 4.78 is 15.0. The first kappa shape index (κ1) is 22.5. The first-order chi connectivity index (χ1) is 15.3. The molecule has 0 fully saturated rings. The molecule has 0 bridgehead atoms. The molecule has 0 spiro atoms. The molecule has 164 valence electrons. The lowest BCUT2D eigenvalue weighted by molar-refractivity contribution is -0.384. The summed E-state index contributed by atoms with van der Waals surface area (Å²) >= 11 is 5.99. The van der Waals surface area contributed by atoms with E-state index in [1.807, 2.05) is 0 Å². The first-order valence-corrected chi connectivity index (χ1v) is 9.36. The maximum atomic E-state index is 12.6. The molecule has 0 aliphatic heterocycles. The number of hydrogen-bond donors (Lipinski definition) is 1. The topological polar surface area (TPSA) is 138 Å². The van der Waals surface area contributed by atoms with Gasteiger partial charge in [0.15, 0.2) is 0 Å². The van der Waals surface area contributed by atoms with Crippen molar-refractivity contribution < 1.29 is 33.2 Å². The van der Waals surface area contributed by atoms with Gasteiger partial charge in [0.05, 0.1) is 33.9 Å². The number of benzene rings is 2. The Hall–Kier alpha value is -4.18. The summed E-state index contributed by atoms with van der Waals surface area (Å²) in [4.78, 5) is 46.7. The van der Waals surface area contributed by atoms with Crippen LogP contribution in [0.25, 0.3) is 0 Å². The van der Waals surface area contributed by atoms with Gasteiger partial charge in [-0.2, -0.15) is 0 Å². The number of esters is 2. The number of rotatable bonds is 7. The molecule has 11 heteroatoms. The number of halogens is 1. The third kappa shape index (κ3) is 5.10. The second-order valence-corrected chi connectivity index (χ2v) is 6.66. The lowest BCUT2D eigenvalue weighted by atomic mass is 10.1. The highest BCUT2D eigenvalue weighted by atomic mass is 35.5. The van der Waals surface area contributed by atoms with Crippen molar-refractivity contribution in [2.24, 2.45) is 0 Å². The Bertz CT molecular complexity index is 1200. The Kier molecular flexibility index (Phi) is 6.86. The summed E-state index contributed by atoms with van der Waals surface area (Å²) in [6.45, 7) is -0.258. The van der Waals surface area contributed by atoms with E-state index in [9.17, 15) is 24.5 Å². The fourth-order valence-electron chi connectivity index (χ4n) is 2.64. The minimum absolute atomic E-state index is 0.00800. The van der Waals surface area contributed by atoms with Gasteiger partial charge in [-0.1, -0.05) is 23.7 Å². The summed E-state index contributed by atoms with van der Waals surface area (Å²) in [6.07, 6.45) is 0. The predicted molar refractivity (Wildman–Crippen MR) is 112 cm³/mol. The molecule has 0 unspecified atom stereocenters. The number of ether oxygens (including phenoxy) is 2. The van der Waals surface area contributed by atoms with Gasteiger partial charge in [-0.15, -0.1) is 0 Å². The van der Waals surface area contributed by atoms with Crippen molar-refractivity contribution >= 4 is 40.8 Å². The number of non-ortho nitro benzene ring substituents is 1. The second kappa shape index (κ2) is 9.75. The third-order valence-corrected chi connectivity index (χ3v) is 4.51. The summed E-state index contributed by atoms with van der Waals surface area (Å²) in [7, 11) is 1.21. The summed E-state index contributed by atoms with van der Waals surface area (Å²) in [6, 6.07) is 12.4. The smallest absolute Gasteiger partial charge is 0.373 e. The Labute approximate surface area is 185 Å². The van der Waals surface area contributed by atoms with Crippen molar-refractivity contribution in [1.82, 2.24) is 0 Å². The molecule has 3 rings (SSSR count). The van der Waals surface area contributed by atoms with E-state index in [1.165, 1.54) is 37.4 Å². The van der Waals surface area contributed by atoms with E-state index in [2.05, 4.69) is 10.1 Å². The van der Waals surface area contributed by atoms with Crippen LogP contribution in [0.3, 0.4) is 0 Å². The predicted octanol–water partition coefficient (Wildman–Crippen LogP) is 4.24. The number of methoxy groups -OCH3 is 1. The van der Waals surface area contributed by atoms with Crippen molar-refractivity contribution in [3.05, 3.63) is 92.4 Å². The molecule has 0 radical (unpaired) electrons. The van der Waals surface area contributed by atoms with E-state index in [0.717, 1.165) is 12.1 Å². The number of nitrogens with zero attached hydrogens (tertiary/aromatic N) is 1. The number of anilines is 1. The van der Waals surface area contributed by atoms with Crippen LogP contribution in [0.1, 0.15) is 37.0 Å². The Morgan fingerprint density at radius 3 is 2.50 bits per heavy atom. The van der Waals surface area contributed by atoms with Crippen molar-refractivity contribution in [2.45, 2.75) is 6.61 Å². The van der Waals surface area contributed by atoms with Gasteiger partial charge in [-0.05, 0) is 30.3 Å². The zero-order valence-electron chi connectivity index (χ0n) is 16.5. The van der Waals surface area contributed by atoms with Gasteiger partial charge in [0, 0.05) is 12.1 Å². The molecule has 1 N–H and O–H groups in total. The third-order valence-electron chi connectivity index (χ3n) is 4.20. The van der Waals surface area contributed by atoms with Crippen LogP contribution >= 0.6 is 11.6 Å². The van der Waals surface area contributed by atoms with E-state index in [1.54, 1.807) is 12.1 Å². The lowest BCUT2D eigenvalue weighted by Crippen LogP contribution is -2.16. The number of carbonyl (C=O) groups is 3. The molecule has 1 heterocycles. The number of nitrogens with one attached hydrogen (secondary N) is 1. The van der Waals surface area contributed by atoms with Crippen LogP contribution in [0.4, 0.5) is 11.4 Å². The van der Waals surface area contributed by atoms with Gasteiger partial charge in [0.25, 0.3) is 11.6 Å². The normalized spacial score (nSPS) is 10.3. The minimum Gasteiger partial charge on any atom is -0.463 e.